The van der Waals surface area contributed by atoms with Crippen molar-refractivity contribution in [3.63, 3.8) is 0 Å². The first-order valence-electron chi connectivity index (χ1n) is 11.9. The molecule has 2 heterocycles. The first-order chi connectivity index (χ1) is 17.8. The Balaban J connectivity index is 1.45. The minimum Gasteiger partial charge on any atom is -0.231 e. The minimum absolute atomic E-state index is 0.0510. The van der Waals surface area contributed by atoms with Gasteiger partial charge in [0, 0.05) is 12.0 Å². The normalized spacial score (nSPS) is 15.4. The molecular weight excluding hydrogens is 462 g/mol. The van der Waals surface area contributed by atoms with Crippen molar-refractivity contribution in [1.82, 2.24) is 4.98 Å². The molecule has 4 aromatic carbocycles. The summed E-state index contributed by atoms with van der Waals surface area (Å²) in [5, 5.41) is 17.8. The van der Waals surface area contributed by atoms with Crippen LogP contribution in [0.25, 0.3) is 11.3 Å². The van der Waals surface area contributed by atoms with E-state index >= 15 is 0 Å². The summed E-state index contributed by atoms with van der Waals surface area (Å²) in [6, 6.07) is 40.8. The lowest BCUT2D eigenvalue weighted by Gasteiger charge is -2.21. The van der Waals surface area contributed by atoms with Crippen LogP contribution in [0.1, 0.15) is 23.6 Å². The predicted molar refractivity (Wildman–Crippen MR) is 147 cm³/mol. The van der Waals surface area contributed by atoms with E-state index in [4.69, 9.17) is 10.1 Å². The highest BCUT2D eigenvalue weighted by Crippen LogP contribution is 2.45. The summed E-state index contributed by atoms with van der Waals surface area (Å²) < 4.78 is 0. The molecule has 0 fully saturated rings. The zero-order valence-corrected chi connectivity index (χ0v) is 20.3. The molecule has 0 N–H and O–H groups in total. The smallest absolute Gasteiger partial charge is 0.209 e. The fraction of sp³-hybridized carbons (Fsp3) is 0.0667. The second-order valence-electron chi connectivity index (χ2n) is 8.44. The highest BCUT2D eigenvalue weighted by atomic mass is 32.1. The number of hydrogen-bond acceptors (Lipinski definition) is 6. The summed E-state index contributed by atoms with van der Waals surface area (Å²) >= 11 is 1.51. The molecule has 5 nitrogen and oxygen atoms in total. The van der Waals surface area contributed by atoms with E-state index < -0.39 is 0 Å². The Morgan fingerprint density at radius 1 is 0.667 bits per heavy atom. The molecule has 1 aromatic heterocycles. The predicted octanol–water partition coefficient (Wildman–Crippen LogP) is 8.58. The van der Waals surface area contributed by atoms with Crippen LogP contribution < -0.4 is 5.01 Å². The number of hydrazone groups is 1. The van der Waals surface area contributed by atoms with E-state index in [-0.39, 0.29) is 6.04 Å². The highest BCUT2D eigenvalue weighted by molar-refractivity contribution is 7.19. The lowest BCUT2D eigenvalue weighted by Crippen LogP contribution is -2.18. The number of hydrogen-bond donors (Lipinski definition) is 0. The van der Waals surface area contributed by atoms with Crippen molar-refractivity contribution < 1.29 is 0 Å². The number of anilines is 1. The second kappa shape index (κ2) is 10.1. The Hall–Kier alpha value is -4.42. The van der Waals surface area contributed by atoms with Crippen LogP contribution in [-0.2, 0) is 0 Å². The molecule has 6 heteroatoms. The van der Waals surface area contributed by atoms with Gasteiger partial charge >= 0.3 is 0 Å². The summed E-state index contributed by atoms with van der Waals surface area (Å²) in [6.45, 7) is 0. The summed E-state index contributed by atoms with van der Waals surface area (Å²) in [6.07, 6.45) is 0.801. The fourth-order valence-corrected chi connectivity index (χ4v) is 5.19. The van der Waals surface area contributed by atoms with Gasteiger partial charge in [0.15, 0.2) is 5.00 Å². The summed E-state index contributed by atoms with van der Waals surface area (Å²) in [5.41, 5.74) is 6.00. The van der Waals surface area contributed by atoms with Gasteiger partial charge in [-0.05, 0) is 23.3 Å². The molecule has 174 valence electrons. The van der Waals surface area contributed by atoms with Crippen molar-refractivity contribution in [2.45, 2.75) is 12.5 Å². The number of rotatable bonds is 6. The molecule has 0 amide bonds. The third-order valence-corrected chi connectivity index (χ3v) is 6.98. The topological polar surface area (TPSA) is 53.2 Å². The number of benzene rings is 4. The van der Waals surface area contributed by atoms with Gasteiger partial charge in [0.1, 0.15) is 5.69 Å². The Morgan fingerprint density at radius 2 is 1.25 bits per heavy atom. The largest absolute Gasteiger partial charge is 0.231 e. The molecule has 0 bridgehead atoms. The van der Waals surface area contributed by atoms with E-state index in [1.165, 1.54) is 16.9 Å². The third kappa shape index (κ3) is 4.59. The molecule has 1 atom stereocenters. The summed E-state index contributed by atoms with van der Waals surface area (Å²) in [4.78, 5) is 5.06. The Morgan fingerprint density at radius 3 is 1.92 bits per heavy atom. The molecule has 1 aliphatic rings. The average Bonchev–Trinajstić information content (AvgIpc) is 3.59. The SMILES string of the molecule is c1ccc(N=Nc2sc(N3N=C(c4ccccc4)CC3c3ccccc3)nc2-c2ccccc2)cc1. The van der Waals surface area contributed by atoms with Crippen LogP contribution in [0.4, 0.5) is 15.8 Å². The van der Waals surface area contributed by atoms with Crippen LogP contribution in [0, 0.1) is 0 Å². The number of thiazole rings is 1. The van der Waals surface area contributed by atoms with Crippen molar-refractivity contribution >= 4 is 32.9 Å². The van der Waals surface area contributed by atoms with E-state index in [0.717, 1.165) is 44.8 Å². The second-order valence-corrected chi connectivity index (χ2v) is 9.40. The molecule has 0 radical (unpaired) electrons. The van der Waals surface area contributed by atoms with Crippen molar-refractivity contribution in [2.24, 2.45) is 15.3 Å². The maximum atomic E-state index is 5.08. The fourth-order valence-electron chi connectivity index (χ4n) is 4.28. The van der Waals surface area contributed by atoms with Gasteiger partial charge in [0.25, 0.3) is 0 Å². The quantitative estimate of drug-likeness (QED) is 0.226. The van der Waals surface area contributed by atoms with Crippen LogP contribution >= 0.6 is 11.3 Å². The van der Waals surface area contributed by atoms with Gasteiger partial charge in [-0.3, -0.25) is 0 Å². The molecule has 6 rings (SSSR count). The molecule has 1 aliphatic heterocycles. The van der Waals surface area contributed by atoms with Crippen LogP contribution in [0.3, 0.4) is 0 Å². The number of nitrogens with zero attached hydrogens (tertiary/aromatic N) is 5. The van der Waals surface area contributed by atoms with E-state index in [1.54, 1.807) is 0 Å². The lowest BCUT2D eigenvalue weighted by molar-refractivity contribution is 0.706. The summed E-state index contributed by atoms with van der Waals surface area (Å²) in [5.74, 6) is 0. The van der Waals surface area contributed by atoms with E-state index in [0.29, 0.717) is 0 Å². The van der Waals surface area contributed by atoms with Crippen LogP contribution in [0.5, 0.6) is 0 Å². The number of aromatic nitrogens is 1. The van der Waals surface area contributed by atoms with Crippen LogP contribution in [0.2, 0.25) is 0 Å². The first-order valence-corrected chi connectivity index (χ1v) is 12.7. The van der Waals surface area contributed by atoms with Crippen LogP contribution in [0.15, 0.2) is 137 Å². The zero-order chi connectivity index (χ0) is 24.2. The van der Waals surface area contributed by atoms with E-state index in [9.17, 15) is 0 Å². The maximum Gasteiger partial charge on any atom is 0.209 e. The summed E-state index contributed by atoms with van der Waals surface area (Å²) in [7, 11) is 0. The van der Waals surface area contributed by atoms with Gasteiger partial charge in [-0.15, -0.1) is 10.2 Å². The van der Waals surface area contributed by atoms with Crippen molar-refractivity contribution in [1.29, 1.82) is 0 Å². The highest BCUT2D eigenvalue weighted by Gasteiger charge is 2.32. The van der Waals surface area contributed by atoms with Gasteiger partial charge in [0.2, 0.25) is 5.13 Å². The lowest BCUT2D eigenvalue weighted by atomic mass is 9.99. The molecule has 36 heavy (non-hydrogen) atoms. The molecule has 1 unspecified atom stereocenters. The van der Waals surface area contributed by atoms with Crippen molar-refractivity contribution in [2.75, 3.05) is 5.01 Å². The third-order valence-electron chi connectivity index (χ3n) is 6.06. The Labute approximate surface area is 214 Å². The van der Waals surface area contributed by atoms with Crippen LogP contribution in [-0.4, -0.2) is 10.7 Å². The Bertz CT molecular complexity index is 1500. The average molecular weight is 486 g/mol. The van der Waals surface area contributed by atoms with Gasteiger partial charge in [-0.2, -0.15) is 5.10 Å². The van der Waals surface area contributed by atoms with Gasteiger partial charge in [-0.25, -0.2) is 9.99 Å². The van der Waals surface area contributed by atoms with Gasteiger partial charge < -0.3 is 0 Å². The zero-order valence-electron chi connectivity index (χ0n) is 19.5. The van der Waals surface area contributed by atoms with Crippen molar-refractivity contribution in [3.05, 3.63) is 132 Å². The molecule has 5 aromatic rings. The number of azo groups is 1. The minimum atomic E-state index is 0.0510. The van der Waals surface area contributed by atoms with Gasteiger partial charge in [-0.1, -0.05) is 121 Å². The maximum absolute atomic E-state index is 5.08. The molecule has 0 aliphatic carbocycles. The Kier molecular flexibility index (Phi) is 6.17. The molecule has 0 saturated heterocycles. The standard InChI is InChI=1S/C30H23N5S/c1-5-13-22(14-6-1)26-21-27(23-15-7-2-8-16-23)35(34-26)30-31-28(24-17-9-3-10-18-24)29(36-30)33-32-25-19-11-4-12-20-25/h1-20,27H,21H2. The van der Waals surface area contributed by atoms with Gasteiger partial charge in [0.05, 0.1) is 17.4 Å². The molecule has 0 saturated carbocycles. The monoisotopic (exact) mass is 485 g/mol. The first kappa shape index (κ1) is 22.1. The molecule has 0 spiro atoms. The van der Waals surface area contributed by atoms with E-state index in [1.807, 2.05) is 60.7 Å². The molecular formula is C30H23N5S. The van der Waals surface area contributed by atoms with Crippen molar-refractivity contribution in [3.8, 4) is 11.3 Å². The van der Waals surface area contributed by atoms with E-state index in [2.05, 4.69) is 75.9 Å².